The minimum Gasteiger partial charge on any atom is -0.353 e. The van der Waals surface area contributed by atoms with E-state index in [4.69, 9.17) is 4.98 Å². The van der Waals surface area contributed by atoms with Gasteiger partial charge in [0.1, 0.15) is 0 Å². The molecule has 0 amide bonds. The second kappa shape index (κ2) is 5.60. The summed E-state index contributed by atoms with van der Waals surface area (Å²) in [5.74, 6) is 0. The second-order valence-corrected chi connectivity index (χ2v) is 8.12. The molecular weight excluding hydrogens is 318 g/mol. The first-order valence-corrected chi connectivity index (χ1v) is 9.94. The highest BCUT2D eigenvalue weighted by atomic mass is 15.3. The Balaban J connectivity index is 1.82. The molecule has 1 aliphatic carbocycles. The van der Waals surface area contributed by atoms with Gasteiger partial charge in [-0.2, -0.15) is 0 Å². The summed E-state index contributed by atoms with van der Waals surface area (Å²) < 4.78 is 2.44. The van der Waals surface area contributed by atoms with Gasteiger partial charge in [0.25, 0.3) is 0 Å². The molecule has 0 saturated heterocycles. The summed E-state index contributed by atoms with van der Waals surface area (Å²) in [6.07, 6.45) is 8.40. The van der Waals surface area contributed by atoms with E-state index in [1.807, 2.05) is 6.20 Å². The van der Waals surface area contributed by atoms with Gasteiger partial charge in [0.2, 0.25) is 0 Å². The molecule has 2 aromatic heterocycles. The Hall–Kier alpha value is -2.29. The molecule has 1 aliphatic heterocycles. The Kier molecular flexibility index (Phi) is 3.43. The van der Waals surface area contributed by atoms with Crippen LogP contribution in [-0.2, 0) is 12.6 Å². The van der Waals surface area contributed by atoms with Crippen molar-refractivity contribution in [3.63, 3.8) is 0 Å². The van der Waals surface area contributed by atoms with Gasteiger partial charge >= 0.3 is 0 Å². The topological polar surface area (TPSA) is 21.1 Å². The number of hydrogen-bond donors (Lipinski definition) is 0. The van der Waals surface area contributed by atoms with Crippen LogP contribution in [0.4, 0.5) is 5.69 Å². The minimum atomic E-state index is 0.106. The van der Waals surface area contributed by atoms with E-state index in [9.17, 15) is 0 Å². The highest BCUT2D eigenvalue weighted by Gasteiger charge is 2.52. The molecule has 5 rings (SSSR count). The Labute approximate surface area is 155 Å². The van der Waals surface area contributed by atoms with Crippen molar-refractivity contribution >= 4 is 16.7 Å². The summed E-state index contributed by atoms with van der Waals surface area (Å²) in [6.45, 7) is 4.63. The van der Waals surface area contributed by atoms with E-state index in [0.717, 1.165) is 0 Å². The minimum absolute atomic E-state index is 0.106. The molecule has 2 aliphatic rings. The number of para-hydroxylation sites is 1. The van der Waals surface area contributed by atoms with Crippen LogP contribution >= 0.6 is 0 Å². The Bertz CT molecular complexity index is 978. The fourth-order valence-corrected chi connectivity index (χ4v) is 5.75. The number of aryl methyl sites for hydroxylation is 2. The van der Waals surface area contributed by atoms with Crippen molar-refractivity contribution in [1.82, 2.24) is 9.55 Å². The van der Waals surface area contributed by atoms with Crippen LogP contribution in [0, 0.1) is 6.92 Å². The van der Waals surface area contributed by atoms with Gasteiger partial charge in [-0.1, -0.05) is 37.5 Å². The summed E-state index contributed by atoms with van der Waals surface area (Å²) in [7, 11) is 2.24. The molecule has 0 N–H and O–H groups in total. The van der Waals surface area contributed by atoms with Gasteiger partial charge in [0.15, 0.2) is 0 Å². The standard InChI is InChI=1S/C23H27N3/c1-16-10-5-6-11-18(16)26-17(2)20-21-19(12-9-15-24-21)25(3)22(20)23(26)13-7-4-8-14-23/h5-6,9-12,15,17H,4,7-8,13-14H2,1-3H3/t17-/m0/s1. The number of pyridine rings is 1. The van der Waals surface area contributed by atoms with Crippen molar-refractivity contribution < 1.29 is 0 Å². The number of benzene rings is 1. The molecule has 1 aromatic carbocycles. The summed E-state index contributed by atoms with van der Waals surface area (Å²) in [5.41, 5.74) is 8.30. The largest absolute Gasteiger partial charge is 0.353 e. The molecule has 3 heterocycles. The lowest BCUT2D eigenvalue weighted by molar-refractivity contribution is 0.273. The van der Waals surface area contributed by atoms with E-state index < -0.39 is 0 Å². The van der Waals surface area contributed by atoms with Crippen molar-refractivity contribution in [3.8, 4) is 0 Å². The summed E-state index contributed by atoms with van der Waals surface area (Å²) in [4.78, 5) is 7.54. The van der Waals surface area contributed by atoms with Crippen LogP contribution in [0.3, 0.4) is 0 Å². The maximum Gasteiger partial charge on any atom is 0.0937 e. The fraction of sp³-hybridized carbons (Fsp3) is 0.435. The Morgan fingerprint density at radius 3 is 2.58 bits per heavy atom. The lowest BCUT2D eigenvalue weighted by atomic mass is 9.78. The maximum atomic E-state index is 4.81. The molecule has 1 saturated carbocycles. The number of anilines is 1. The van der Waals surface area contributed by atoms with E-state index in [2.05, 4.69) is 66.8 Å². The van der Waals surface area contributed by atoms with Crippen molar-refractivity contribution in [2.45, 2.75) is 57.5 Å². The average molecular weight is 345 g/mol. The normalized spacial score (nSPS) is 21.5. The number of aromatic nitrogens is 2. The highest BCUT2D eigenvalue weighted by molar-refractivity contribution is 5.85. The van der Waals surface area contributed by atoms with Gasteiger partial charge in [0, 0.05) is 24.5 Å². The number of fused-ring (bicyclic) bond motifs is 4. The van der Waals surface area contributed by atoms with E-state index in [-0.39, 0.29) is 5.54 Å². The third-order valence-corrected chi connectivity index (χ3v) is 6.76. The number of hydrogen-bond acceptors (Lipinski definition) is 2. The van der Waals surface area contributed by atoms with Gasteiger partial charge in [-0.25, -0.2) is 0 Å². The van der Waals surface area contributed by atoms with Crippen LogP contribution in [0.15, 0.2) is 42.6 Å². The fourth-order valence-electron chi connectivity index (χ4n) is 5.75. The predicted octanol–water partition coefficient (Wildman–Crippen LogP) is 5.62. The summed E-state index contributed by atoms with van der Waals surface area (Å²) in [5, 5.41) is 0. The van der Waals surface area contributed by atoms with E-state index >= 15 is 0 Å². The van der Waals surface area contributed by atoms with E-state index in [1.54, 1.807) is 0 Å². The van der Waals surface area contributed by atoms with Gasteiger partial charge < -0.3 is 9.47 Å². The lowest BCUT2D eigenvalue weighted by Gasteiger charge is -2.46. The molecule has 3 nitrogen and oxygen atoms in total. The predicted molar refractivity (Wildman–Crippen MR) is 108 cm³/mol. The first-order valence-electron chi connectivity index (χ1n) is 9.94. The summed E-state index contributed by atoms with van der Waals surface area (Å²) in [6, 6.07) is 13.5. The first-order chi connectivity index (χ1) is 12.6. The Morgan fingerprint density at radius 1 is 1.04 bits per heavy atom. The van der Waals surface area contributed by atoms with E-state index in [0.29, 0.717) is 6.04 Å². The van der Waals surface area contributed by atoms with Crippen molar-refractivity contribution in [3.05, 3.63) is 59.4 Å². The van der Waals surface area contributed by atoms with Crippen LogP contribution in [0.5, 0.6) is 0 Å². The molecule has 3 heteroatoms. The zero-order valence-electron chi connectivity index (χ0n) is 16.0. The molecule has 3 aromatic rings. The van der Waals surface area contributed by atoms with Crippen LogP contribution < -0.4 is 4.90 Å². The Morgan fingerprint density at radius 2 is 1.81 bits per heavy atom. The molecule has 0 unspecified atom stereocenters. The van der Waals surface area contributed by atoms with Crippen LogP contribution in [0.1, 0.15) is 61.9 Å². The van der Waals surface area contributed by atoms with Crippen molar-refractivity contribution in [1.29, 1.82) is 0 Å². The average Bonchev–Trinajstić information content (AvgIpc) is 3.09. The van der Waals surface area contributed by atoms with Gasteiger partial charge in [0.05, 0.1) is 28.3 Å². The molecule has 1 spiro atoms. The van der Waals surface area contributed by atoms with Crippen LogP contribution in [0.2, 0.25) is 0 Å². The third kappa shape index (κ3) is 1.92. The lowest BCUT2D eigenvalue weighted by Crippen LogP contribution is -2.45. The molecule has 26 heavy (non-hydrogen) atoms. The number of nitrogens with zero attached hydrogens (tertiary/aromatic N) is 3. The van der Waals surface area contributed by atoms with Gasteiger partial charge in [-0.3, -0.25) is 4.98 Å². The van der Waals surface area contributed by atoms with Crippen LogP contribution in [-0.4, -0.2) is 9.55 Å². The smallest absolute Gasteiger partial charge is 0.0937 e. The third-order valence-electron chi connectivity index (χ3n) is 6.76. The van der Waals surface area contributed by atoms with E-state index in [1.165, 1.54) is 65.6 Å². The first kappa shape index (κ1) is 15.9. The van der Waals surface area contributed by atoms with Crippen LogP contribution in [0.25, 0.3) is 11.0 Å². The SMILES string of the molecule is Cc1ccccc1N1[C@@H](C)c2c(n(C)c3cccnc23)C12CCCCC2. The molecule has 0 bridgehead atoms. The highest BCUT2D eigenvalue weighted by Crippen LogP contribution is 2.57. The quantitative estimate of drug-likeness (QED) is 0.570. The monoisotopic (exact) mass is 345 g/mol. The second-order valence-electron chi connectivity index (χ2n) is 8.12. The zero-order valence-corrected chi connectivity index (χ0v) is 16.0. The maximum absolute atomic E-state index is 4.81. The molecular formula is C23H27N3. The summed E-state index contributed by atoms with van der Waals surface area (Å²) >= 11 is 0. The zero-order chi connectivity index (χ0) is 17.9. The van der Waals surface area contributed by atoms with Crippen molar-refractivity contribution in [2.24, 2.45) is 7.05 Å². The van der Waals surface area contributed by atoms with Gasteiger partial charge in [-0.15, -0.1) is 0 Å². The molecule has 0 radical (unpaired) electrons. The van der Waals surface area contributed by atoms with Gasteiger partial charge in [-0.05, 0) is 50.5 Å². The molecule has 1 atom stereocenters. The number of rotatable bonds is 1. The molecule has 1 fully saturated rings. The van der Waals surface area contributed by atoms with Crippen molar-refractivity contribution in [2.75, 3.05) is 4.90 Å². The molecule has 134 valence electrons.